The van der Waals surface area contributed by atoms with Crippen molar-refractivity contribution < 1.29 is 19.1 Å². The van der Waals surface area contributed by atoms with Crippen LogP contribution in [0.25, 0.3) is 0 Å². The number of carbonyl (C=O) groups excluding carboxylic acids is 3. The van der Waals surface area contributed by atoms with Crippen molar-refractivity contribution in [2.24, 2.45) is 5.92 Å². The maximum atomic E-state index is 12.5. The predicted molar refractivity (Wildman–Crippen MR) is 104 cm³/mol. The minimum Gasteiger partial charge on any atom is -0.445 e. The van der Waals surface area contributed by atoms with Crippen LogP contribution in [0.5, 0.6) is 0 Å². The summed E-state index contributed by atoms with van der Waals surface area (Å²) in [6, 6.07) is 7.74. The number of hydrogen-bond donors (Lipinski definition) is 3. The molecule has 7 nitrogen and oxygen atoms in total. The van der Waals surface area contributed by atoms with E-state index in [1.165, 1.54) is 0 Å². The molecule has 0 saturated carbocycles. The van der Waals surface area contributed by atoms with E-state index in [0.717, 1.165) is 5.56 Å². The van der Waals surface area contributed by atoms with Crippen molar-refractivity contribution in [3.05, 3.63) is 35.9 Å². The summed E-state index contributed by atoms with van der Waals surface area (Å²) < 4.78 is 5.17. The Morgan fingerprint density at radius 1 is 0.963 bits per heavy atom. The van der Waals surface area contributed by atoms with Crippen molar-refractivity contribution in [1.82, 2.24) is 16.0 Å². The third kappa shape index (κ3) is 8.57. The largest absolute Gasteiger partial charge is 0.445 e. The van der Waals surface area contributed by atoms with Crippen LogP contribution < -0.4 is 16.0 Å². The minimum atomic E-state index is -0.807. The van der Waals surface area contributed by atoms with E-state index < -0.39 is 29.6 Å². The van der Waals surface area contributed by atoms with Crippen LogP contribution in [0.1, 0.15) is 47.1 Å². The van der Waals surface area contributed by atoms with Gasteiger partial charge in [-0.15, -0.1) is 0 Å². The summed E-state index contributed by atoms with van der Waals surface area (Å²) >= 11 is 0. The lowest BCUT2D eigenvalue weighted by Crippen LogP contribution is -2.56. The van der Waals surface area contributed by atoms with E-state index in [4.69, 9.17) is 4.74 Å². The highest BCUT2D eigenvalue weighted by Crippen LogP contribution is 2.06. The van der Waals surface area contributed by atoms with Crippen LogP contribution in [0, 0.1) is 5.92 Å². The highest BCUT2D eigenvalue weighted by atomic mass is 16.5. The zero-order valence-corrected chi connectivity index (χ0v) is 17.0. The Morgan fingerprint density at radius 3 is 2.07 bits per heavy atom. The van der Waals surface area contributed by atoms with Crippen LogP contribution in [0.2, 0.25) is 0 Å². The molecule has 27 heavy (non-hydrogen) atoms. The van der Waals surface area contributed by atoms with E-state index in [1.807, 2.05) is 65.0 Å². The molecule has 0 radical (unpaired) electrons. The quantitative estimate of drug-likeness (QED) is 0.680. The fraction of sp³-hybridized carbons (Fsp3) is 0.550. The van der Waals surface area contributed by atoms with Crippen LogP contribution in [-0.4, -0.2) is 35.5 Å². The van der Waals surface area contributed by atoms with Gasteiger partial charge in [0.25, 0.3) is 0 Å². The van der Waals surface area contributed by atoms with Gasteiger partial charge in [-0.25, -0.2) is 4.79 Å². The lowest BCUT2D eigenvalue weighted by Gasteiger charge is -2.26. The van der Waals surface area contributed by atoms with Crippen LogP contribution >= 0.6 is 0 Å². The van der Waals surface area contributed by atoms with Crippen molar-refractivity contribution in [3.8, 4) is 0 Å². The molecule has 3 amide bonds. The summed E-state index contributed by atoms with van der Waals surface area (Å²) in [7, 11) is 0. The Kier molecular flexibility index (Phi) is 8.28. The maximum Gasteiger partial charge on any atom is 0.408 e. The molecule has 0 aromatic heterocycles. The number of nitrogens with one attached hydrogen (secondary N) is 3. The van der Waals surface area contributed by atoms with Gasteiger partial charge in [-0.2, -0.15) is 0 Å². The van der Waals surface area contributed by atoms with Crippen LogP contribution in [0.4, 0.5) is 4.79 Å². The monoisotopic (exact) mass is 377 g/mol. The first-order valence-corrected chi connectivity index (χ1v) is 9.09. The molecule has 0 aliphatic rings. The first kappa shape index (κ1) is 22.5. The van der Waals surface area contributed by atoms with E-state index in [9.17, 15) is 14.4 Å². The third-order valence-corrected chi connectivity index (χ3v) is 3.69. The molecular formula is C20H31N3O4. The molecule has 1 aromatic rings. The fourth-order valence-corrected chi connectivity index (χ4v) is 2.27. The molecule has 2 atom stereocenters. The fourth-order valence-electron chi connectivity index (χ4n) is 2.27. The summed E-state index contributed by atoms with van der Waals surface area (Å²) in [5, 5.41) is 8.02. The lowest BCUT2D eigenvalue weighted by atomic mass is 10.0. The summed E-state index contributed by atoms with van der Waals surface area (Å²) in [6.07, 6.45) is -0.681. The van der Waals surface area contributed by atoms with E-state index in [0.29, 0.717) is 0 Å². The lowest BCUT2D eigenvalue weighted by molar-refractivity contribution is -0.130. The van der Waals surface area contributed by atoms with Gasteiger partial charge >= 0.3 is 6.09 Å². The van der Waals surface area contributed by atoms with Gasteiger partial charge in [-0.3, -0.25) is 9.59 Å². The molecule has 1 unspecified atom stereocenters. The maximum absolute atomic E-state index is 12.5. The van der Waals surface area contributed by atoms with Crippen molar-refractivity contribution in [2.45, 2.75) is 65.8 Å². The Bertz CT molecular complexity index is 638. The van der Waals surface area contributed by atoms with E-state index >= 15 is 0 Å². The zero-order valence-electron chi connectivity index (χ0n) is 17.0. The number of amides is 3. The standard InChI is InChI=1S/C20H31N3O4/c1-13(2)16(18(25)21-14(3)17(24)23-20(4,5)6)22-19(26)27-12-15-10-8-7-9-11-15/h7-11,13-14,16H,12H2,1-6H3,(H,21,25)(H,22,26)(H,23,24)/t14?,16-/m0/s1. The van der Waals surface area contributed by atoms with Crippen molar-refractivity contribution in [1.29, 1.82) is 0 Å². The van der Waals surface area contributed by atoms with Gasteiger partial charge in [0.05, 0.1) is 0 Å². The molecule has 0 aliphatic carbocycles. The Balaban J connectivity index is 2.59. The highest BCUT2D eigenvalue weighted by molar-refractivity contribution is 5.91. The molecule has 0 saturated heterocycles. The summed E-state index contributed by atoms with van der Waals surface area (Å²) in [5.41, 5.74) is 0.457. The first-order chi connectivity index (χ1) is 12.5. The molecule has 0 aliphatic heterocycles. The number of ether oxygens (including phenoxy) is 1. The van der Waals surface area contributed by atoms with Gasteiger partial charge in [-0.1, -0.05) is 44.2 Å². The molecule has 0 spiro atoms. The minimum absolute atomic E-state index is 0.115. The van der Waals surface area contributed by atoms with Crippen molar-refractivity contribution in [2.75, 3.05) is 0 Å². The van der Waals surface area contributed by atoms with Gasteiger partial charge in [-0.05, 0) is 39.2 Å². The molecular weight excluding hydrogens is 346 g/mol. The highest BCUT2D eigenvalue weighted by Gasteiger charge is 2.28. The Labute approximate surface area is 161 Å². The summed E-state index contributed by atoms with van der Waals surface area (Å²) in [4.78, 5) is 36.7. The second-order valence-corrected chi connectivity index (χ2v) is 7.90. The van der Waals surface area contributed by atoms with Gasteiger partial charge in [0, 0.05) is 5.54 Å². The van der Waals surface area contributed by atoms with E-state index in [2.05, 4.69) is 16.0 Å². The Morgan fingerprint density at radius 2 is 1.56 bits per heavy atom. The normalized spacial score (nSPS) is 13.4. The van der Waals surface area contributed by atoms with Gasteiger partial charge in [0.2, 0.25) is 11.8 Å². The van der Waals surface area contributed by atoms with Gasteiger partial charge in [0.15, 0.2) is 0 Å². The van der Waals surface area contributed by atoms with E-state index in [1.54, 1.807) is 6.92 Å². The predicted octanol–water partition coefficient (Wildman–Crippen LogP) is 2.36. The summed E-state index contributed by atoms with van der Waals surface area (Å²) in [5.74, 6) is -0.893. The Hall–Kier alpha value is -2.57. The van der Waals surface area contributed by atoms with Gasteiger partial charge in [0.1, 0.15) is 18.7 Å². The second kappa shape index (κ2) is 9.94. The number of hydrogen-bond acceptors (Lipinski definition) is 4. The molecule has 0 fully saturated rings. The smallest absolute Gasteiger partial charge is 0.408 e. The molecule has 1 aromatic carbocycles. The van der Waals surface area contributed by atoms with Crippen molar-refractivity contribution in [3.63, 3.8) is 0 Å². The SMILES string of the molecule is CC(NC(=O)[C@@H](NC(=O)OCc1ccccc1)C(C)C)C(=O)NC(C)(C)C. The molecule has 7 heteroatoms. The number of carbonyl (C=O) groups is 3. The average Bonchev–Trinajstić information content (AvgIpc) is 2.56. The van der Waals surface area contributed by atoms with Crippen LogP contribution in [-0.2, 0) is 20.9 Å². The number of benzene rings is 1. The number of alkyl carbamates (subject to hydrolysis) is 1. The topological polar surface area (TPSA) is 96.5 Å². The van der Waals surface area contributed by atoms with E-state index in [-0.39, 0.29) is 18.4 Å². The van der Waals surface area contributed by atoms with Crippen LogP contribution in [0.3, 0.4) is 0 Å². The average molecular weight is 377 g/mol. The third-order valence-electron chi connectivity index (χ3n) is 3.69. The molecule has 150 valence electrons. The molecule has 0 bridgehead atoms. The number of rotatable bonds is 7. The van der Waals surface area contributed by atoms with Gasteiger partial charge < -0.3 is 20.7 Å². The molecule has 3 N–H and O–H groups in total. The zero-order chi connectivity index (χ0) is 20.6. The molecule has 0 heterocycles. The summed E-state index contributed by atoms with van der Waals surface area (Å²) in [6.45, 7) is 10.9. The second-order valence-electron chi connectivity index (χ2n) is 7.90. The van der Waals surface area contributed by atoms with Crippen molar-refractivity contribution >= 4 is 17.9 Å². The first-order valence-electron chi connectivity index (χ1n) is 9.09. The van der Waals surface area contributed by atoms with Crippen LogP contribution in [0.15, 0.2) is 30.3 Å². The molecule has 1 rings (SSSR count).